The molecule has 0 saturated carbocycles. The Kier molecular flexibility index (Phi) is 4.04. The molecule has 0 atom stereocenters. The highest BCUT2D eigenvalue weighted by molar-refractivity contribution is 5.95. The fraction of sp³-hybridized carbons (Fsp3) is 0.273. The fourth-order valence-corrected chi connectivity index (χ4v) is 4.49. The number of nitrogens with one attached hydrogen (secondary N) is 2. The number of nitrogens with two attached hydrogens (primary N) is 1. The number of fused-ring (bicyclic) bond motifs is 3. The van der Waals surface area contributed by atoms with Crippen molar-refractivity contribution in [3.05, 3.63) is 64.7 Å². The highest BCUT2D eigenvalue weighted by Crippen LogP contribution is 2.41. The number of H-pyrrole nitrogens is 1. The normalized spacial score (nSPS) is 16.6. The minimum absolute atomic E-state index is 0.335. The third-order valence-electron chi connectivity index (χ3n) is 6.22. The molecule has 0 spiro atoms. The van der Waals surface area contributed by atoms with Gasteiger partial charge in [0.25, 0.3) is 0 Å². The van der Waals surface area contributed by atoms with Gasteiger partial charge in [0.05, 0.1) is 17.0 Å². The van der Waals surface area contributed by atoms with Gasteiger partial charge >= 0.3 is 5.97 Å². The van der Waals surface area contributed by atoms with Gasteiger partial charge in [0.15, 0.2) is 0 Å². The van der Waals surface area contributed by atoms with E-state index >= 15 is 0 Å². The fourth-order valence-electron chi connectivity index (χ4n) is 4.49. The van der Waals surface area contributed by atoms with Crippen molar-refractivity contribution in [1.82, 2.24) is 15.3 Å². The number of carboxylic acid groups (broad SMARTS) is 1. The summed E-state index contributed by atoms with van der Waals surface area (Å²) < 4.78 is 14.3. The van der Waals surface area contributed by atoms with Crippen molar-refractivity contribution in [2.45, 2.75) is 18.3 Å². The van der Waals surface area contributed by atoms with Gasteiger partial charge in [-0.1, -0.05) is 12.1 Å². The molecule has 1 aliphatic carbocycles. The van der Waals surface area contributed by atoms with Crippen LogP contribution in [0.2, 0.25) is 0 Å². The predicted octanol–water partition coefficient (Wildman–Crippen LogP) is 2.48. The van der Waals surface area contributed by atoms with Crippen LogP contribution in [-0.4, -0.2) is 40.7 Å². The maximum absolute atomic E-state index is 14.3. The van der Waals surface area contributed by atoms with Crippen LogP contribution in [-0.2, 0) is 18.3 Å². The van der Waals surface area contributed by atoms with Crippen molar-refractivity contribution in [3.8, 4) is 22.5 Å². The molecule has 2 aromatic heterocycles. The summed E-state index contributed by atoms with van der Waals surface area (Å²) in [7, 11) is 0. The van der Waals surface area contributed by atoms with Crippen molar-refractivity contribution in [3.63, 3.8) is 0 Å². The molecular weight excluding hydrogens is 371 g/mol. The SMILES string of the molecule is NCC1(c2[nH]c3c(c2C(=O)O)CCc2cnc(-c4ccccc4F)cc2-3)CNC1. The predicted molar refractivity (Wildman–Crippen MR) is 107 cm³/mol. The maximum atomic E-state index is 14.3. The number of aromatic carboxylic acids is 1. The smallest absolute Gasteiger partial charge is 0.337 e. The lowest BCUT2D eigenvalue weighted by Crippen LogP contribution is -2.61. The molecule has 0 amide bonds. The molecule has 148 valence electrons. The van der Waals surface area contributed by atoms with Crippen LogP contribution in [0.5, 0.6) is 0 Å². The summed E-state index contributed by atoms with van der Waals surface area (Å²) in [6.45, 7) is 1.66. The van der Waals surface area contributed by atoms with Gasteiger partial charge < -0.3 is 21.1 Å². The monoisotopic (exact) mass is 392 g/mol. The van der Waals surface area contributed by atoms with E-state index in [4.69, 9.17) is 5.73 Å². The minimum Gasteiger partial charge on any atom is -0.478 e. The standard InChI is InChI=1S/C22H21FN4O2/c23-16-4-2-1-3-13(16)17-7-15-12(8-26-17)5-6-14-18(21(28)29)20(27-19(14)15)22(9-24)10-25-11-22/h1-4,7-8,25,27H,5-6,9-11,24H2,(H,28,29). The second-order valence-corrected chi connectivity index (χ2v) is 7.83. The zero-order valence-electron chi connectivity index (χ0n) is 15.8. The van der Waals surface area contributed by atoms with Crippen molar-refractivity contribution in [2.24, 2.45) is 5.73 Å². The van der Waals surface area contributed by atoms with E-state index in [1.165, 1.54) is 6.07 Å². The van der Waals surface area contributed by atoms with Gasteiger partial charge in [-0.2, -0.15) is 0 Å². The molecule has 1 aromatic carbocycles. The summed E-state index contributed by atoms with van der Waals surface area (Å²) in [5.74, 6) is -1.28. The Bertz CT molecular complexity index is 1130. The molecule has 6 nitrogen and oxygen atoms in total. The minimum atomic E-state index is -0.941. The van der Waals surface area contributed by atoms with Crippen molar-refractivity contribution in [1.29, 1.82) is 0 Å². The number of benzene rings is 1. The molecule has 5 rings (SSSR count). The molecule has 3 heterocycles. The lowest BCUT2D eigenvalue weighted by atomic mass is 9.76. The first-order valence-corrected chi connectivity index (χ1v) is 9.68. The highest BCUT2D eigenvalue weighted by Gasteiger charge is 2.43. The summed E-state index contributed by atoms with van der Waals surface area (Å²) in [6.07, 6.45) is 3.08. The van der Waals surface area contributed by atoms with Gasteiger partial charge in [0.1, 0.15) is 5.82 Å². The van der Waals surface area contributed by atoms with Gasteiger partial charge in [0, 0.05) is 48.1 Å². The summed E-state index contributed by atoms with van der Waals surface area (Å²) in [4.78, 5) is 20.0. The Hall–Kier alpha value is -3.03. The zero-order chi connectivity index (χ0) is 20.2. The van der Waals surface area contributed by atoms with Crippen molar-refractivity contribution in [2.75, 3.05) is 19.6 Å². The van der Waals surface area contributed by atoms with Crippen LogP contribution in [0.4, 0.5) is 4.39 Å². The number of hydrogen-bond acceptors (Lipinski definition) is 4. The molecule has 1 aliphatic heterocycles. The lowest BCUT2D eigenvalue weighted by Gasteiger charge is -2.41. The quantitative estimate of drug-likeness (QED) is 0.546. The van der Waals surface area contributed by atoms with Crippen LogP contribution >= 0.6 is 0 Å². The molecule has 1 fully saturated rings. The number of carboxylic acids is 1. The molecule has 0 bridgehead atoms. The number of pyridine rings is 1. The van der Waals surface area contributed by atoms with Gasteiger partial charge in [0.2, 0.25) is 0 Å². The topological polar surface area (TPSA) is 104 Å². The maximum Gasteiger partial charge on any atom is 0.337 e. The number of aromatic nitrogens is 2. The van der Waals surface area contributed by atoms with Crippen LogP contribution in [0.3, 0.4) is 0 Å². The van der Waals surface area contributed by atoms with Crippen LogP contribution < -0.4 is 11.1 Å². The van der Waals surface area contributed by atoms with E-state index in [1.807, 2.05) is 6.07 Å². The first kappa shape index (κ1) is 18.0. The van der Waals surface area contributed by atoms with Crippen molar-refractivity contribution < 1.29 is 14.3 Å². The van der Waals surface area contributed by atoms with Crippen molar-refractivity contribution >= 4 is 5.97 Å². The van der Waals surface area contributed by atoms with Crippen LogP contribution in [0.15, 0.2) is 36.5 Å². The summed E-state index contributed by atoms with van der Waals surface area (Å²) >= 11 is 0. The Morgan fingerprint density at radius 1 is 1.24 bits per heavy atom. The van der Waals surface area contributed by atoms with E-state index in [1.54, 1.807) is 24.4 Å². The summed E-state index contributed by atoms with van der Waals surface area (Å²) in [5.41, 5.74) is 11.1. The highest BCUT2D eigenvalue weighted by atomic mass is 19.1. The summed E-state index contributed by atoms with van der Waals surface area (Å²) in [6, 6.07) is 8.37. The average Bonchev–Trinajstić information content (AvgIpc) is 3.08. The van der Waals surface area contributed by atoms with Gasteiger partial charge in [-0.15, -0.1) is 0 Å². The van der Waals surface area contributed by atoms with Crippen LogP contribution in [0.1, 0.15) is 27.2 Å². The van der Waals surface area contributed by atoms with Crippen LogP contribution in [0, 0.1) is 5.82 Å². The molecule has 0 unspecified atom stereocenters. The number of rotatable bonds is 4. The lowest BCUT2D eigenvalue weighted by molar-refractivity contribution is 0.0691. The molecule has 7 heteroatoms. The second kappa shape index (κ2) is 6.50. The Morgan fingerprint density at radius 2 is 2.03 bits per heavy atom. The number of hydrogen-bond donors (Lipinski definition) is 4. The van der Waals surface area contributed by atoms with E-state index < -0.39 is 11.4 Å². The van der Waals surface area contributed by atoms with Crippen LogP contribution in [0.25, 0.3) is 22.5 Å². The molecule has 5 N–H and O–H groups in total. The van der Waals surface area contributed by atoms with Gasteiger partial charge in [-0.25, -0.2) is 9.18 Å². The number of carbonyl (C=O) groups is 1. The molecule has 1 saturated heterocycles. The molecule has 3 aromatic rings. The molecule has 29 heavy (non-hydrogen) atoms. The van der Waals surface area contributed by atoms with E-state index in [0.717, 1.165) is 22.4 Å². The average molecular weight is 392 g/mol. The molecular formula is C22H21FN4O2. The van der Waals surface area contributed by atoms with E-state index in [9.17, 15) is 14.3 Å². The third kappa shape index (κ3) is 2.62. The molecule has 0 radical (unpaired) electrons. The first-order valence-electron chi connectivity index (χ1n) is 9.68. The third-order valence-corrected chi connectivity index (χ3v) is 6.22. The summed E-state index contributed by atoms with van der Waals surface area (Å²) in [5, 5.41) is 13.2. The van der Waals surface area contributed by atoms with Gasteiger partial charge in [-0.05, 0) is 42.2 Å². The number of aryl methyl sites for hydroxylation is 1. The van der Waals surface area contributed by atoms with E-state index in [0.29, 0.717) is 55.0 Å². The largest absolute Gasteiger partial charge is 0.478 e. The van der Waals surface area contributed by atoms with Gasteiger partial charge in [-0.3, -0.25) is 4.98 Å². The number of aromatic amines is 1. The number of nitrogens with zero attached hydrogens (tertiary/aromatic N) is 1. The Labute approximate surface area is 167 Å². The molecule has 2 aliphatic rings. The number of halogens is 1. The van der Waals surface area contributed by atoms with E-state index in [-0.39, 0.29) is 5.82 Å². The Balaban J connectivity index is 1.70. The first-order chi connectivity index (χ1) is 14.0. The second-order valence-electron chi connectivity index (χ2n) is 7.83. The zero-order valence-corrected chi connectivity index (χ0v) is 15.8. The van der Waals surface area contributed by atoms with E-state index in [2.05, 4.69) is 15.3 Å². The Morgan fingerprint density at radius 3 is 2.69 bits per heavy atom.